The Labute approximate surface area is 200 Å². The molecule has 1 amide bonds. The van der Waals surface area contributed by atoms with Crippen LogP contribution in [0.15, 0.2) is 64.5 Å². The van der Waals surface area contributed by atoms with Gasteiger partial charge < -0.3 is 23.6 Å². The molecule has 0 saturated carbocycles. The molecule has 0 aliphatic carbocycles. The summed E-state index contributed by atoms with van der Waals surface area (Å²) < 4.78 is 35.1. The van der Waals surface area contributed by atoms with Crippen LogP contribution in [0.25, 0.3) is 11.3 Å². The maximum Gasteiger partial charge on any atom is 0.264 e. The van der Waals surface area contributed by atoms with Crippen LogP contribution in [0, 0.1) is 5.82 Å². The van der Waals surface area contributed by atoms with Crippen LogP contribution >= 0.6 is 11.3 Å². The summed E-state index contributed by atoms with van der Waals surface area (Å²) in [6.45, 7) is 0.505. The summed E-state index contributed by atoms with van der Waals surface area (Å²) in [4.78, 5) is 15.4. The molecule has 0 saturated heterocycles. The number of hydrogen-bond donors (Lipinski definition) is 0. The molecule has 2 aromatic heterocycles. The SMILES string of the molecule is COc1cc(-c2cc(CN(Cc3ccc(F)cc3)C(=O)c3cccs3)no2)cc(OC)c1OC. The first-order chi connectivity index (χ1) is 16.5. The van der Waals surface area contributed by atoms with Crippen molar-refractivity contribution in [1.29, 1.82) is 0 Å². The number of amides is 1. The van der Waals surface area contributed by atoms with Crippen molar-refractivity contribution in [2.45, 2.75) is 13.1 Å². The number of ether oxygens (including phenoxy) is 3. The Morgan fingerprint density at radius 1 is 1.00 bits per heavy atom. The highest BCUT2D eigenvalue weighted by atomic mass is 32.1. The molecular formula is C25H23FN2O5S. The van der Waals surface area contributed by atoms with E-state index >= 15 is 0 Å². The van der Waals surface area contributed by atoms with Gasteiger partial charge in [-0.3, -0.25) is 4.79 Å². The number of carbonyl (C=O) groups excluding carboxylic acids is 1. The normalized spacial score (nSPS) is 10.7. The molecule has 176 valence electrons. The van der Waals surface area contributed by atoms with Gasteiger partial charge >= 0.3 is 0 Å². The molecule has 0 N–H and O–H groups in total. The van der Waals surface area contributed by atoms with E-state index in [1.54, 1.807) is 41.3 Å². The zero-order valence-electron chi connectivity index (χ0n) is 18.9. The molecule has 4 rings (SSSR count). The third kappa shape index (κ3) is 5.04. The van der Waals surface area contributed by atoms with Crippen molar-refractivity contribution in [1.82, 2.24) is 10.1 Å². The molecular weight excluding hydrogens is 459 g/mol. The van der Waals surface area contributed by atoms with Crippen LogP contribution in [0.4, 0.5) is 4.39 Å². The second kappa shape index (κ2) is 10.4. The van der Waals surface area contributed by atoms with Gasteiger partial charge in [-0.2, -0.15) is 0 Å². The van der Waals surface area contributed by atoms with E-state index < -0.39 is 0 Å². The fraction of sp³-hybridized carbons (Fsp3) is 0.200. The van der Waals surface area contributed by atoms with Crippen molar-refractivity contribution in [2.24, 2.45) is 0 Å². The Balaban J connectivity index is 1.61. The van der Waals surface area contributed by atoms with E-state index in [9.17, 15) is 9.18 Å². The summed E-state index contributed by atoms with van der Waals surface area (Å²) >= 11 is 1.36. The molecule has 0 bridgehead atoms. The third-order valence-corrected chi connectivity index (χ3v) is 6.02. The number of aromatic nitrogens is 1. The molecule has 0 aliphatic heterocycles. The molecule has 0 spiro atoms. The first kappa shape index (κ1) is 23.3. The van der Waals surface area contributed by atoms with Gasteiger partial charge in [-0.1, -0.05) is 23.4 Å². The van der Waals surface area contributed by atoms with Gasteiger partial charge in [0.15, 0.2) is 17.3 Å². The van der Waals surface area contributed by atoms with Crippen LogP contribution in [0.2, 0.25) is 0 Å². The van der Waals surface area contributed by atoms with Crippen molar-refractivity contribution in [3.63, 3.8) is 0 Å². The number of methoxy groups -OCH3 is 3. The Morgan fingerprint density at radius 2 is 1.71 bits per heavy atom. The summed E-state index contributed by atoms with van der Waals surface area (Å²) in [6, 6.07) is 15.0. The molecule has 34 heavy (non-hydrogen) atoms. The van der Waals surface area contributed by atoms with Gasteiger partial charge in [0.25, 0.3) is 5.91 Å². The highest BCUT2D eigenvalue weighted by Crippen LogP contribution is 2.41. The van der Waals surface area contributed by atoms with Gasteiger partial charge in [0.2, 0.25) is 5.75 Å². The van der Waals surface area contributed by atoms with Crippen LogP contribution in [0.3, 0.4) is 0 Å². The van der Waals surface area contributed by atoms with Crippen molar-refractivity contribution in [3.05, 3.63) is 81.9 Å². The van der Waals surface area contributed by atoms with Crippen molar-refractivity contribution in [3.8, 4) is 28.6 Å². The lowest BCUT2D eigenvalue weighted by atomic mass is 10.1. The minimum absolute atomic E-state index is 0.142. The Kier molecular flexibility index (Phi) is 7.12. The molecule has 2 heterocycles. The van der Waals surface area contributed by atoms with Crippen LogP contribution < -0.4 is 14.2 Å². The number of thiophene rings is 1. The number of hydrogen-bond acceptors (Lipinski definition) is 7. The highest BCUT2D eigenvalue weighted by molar-refractivity contribution is 7.12. The van der Waals surface area contributed by atoms with Crippen LogP contribution in [-0.4, -0.2) is 37.3 Å². The number of halogens is 1. The van der Waals surface area contributed by atoms with E-state index in [4.69, 9.17) is 18.7 Å². The second-order valence-electron chi connectivity index (χ2n) is 7.36. The number of rotatable bonds is 9. The van der Waals surface area contributed by atoms with Gasteiger partial charge in [0.1, 0.15) is 11.5 Å². The zero-order valence-corrected chi connectivity index (χ0v) is 19.7. The van der Waals surface area contributed by atoms with Gasteiger partial charge in [-0.15, -0.1) is 11.3 Å². The predicted octanol–water partition coefficient (Wildman–Crippen LogP) is 5.41. The van der Waals surface area contributed by atoms with Gasteiger partial charge in [0, 0.05) is 18.2 Å². The third-order valence-electron chi connectivity index (χ3n) is 5.17. The van der Waals surface area contributed by atoms with E-state index in [1.165, 1.54) is 44.8 Å². The Hall–Kier alpha value is -3.85. The van der Waals surface area contributed by atoms with Crippen LogP contribution in [-0.2, 0) is 13.1 Å². The smallest absolute Gasteiger partial charge is 0.264 e. The summed E-state index contributed by atoms with van der Waals surface area (Å²) in [5, 5.41) is 6.02. The summed E-state index contributed by atoms with van der Waals surface area (Å²) in [7, 11) is 4.61. The van der Waals surface area contributed by atoms with E-state index in [1.807, 2.05) is 11.4 Å². The molecule has 2 aromatic carbocycles. The Morgan fingerprint density at radius 3 is 2.29 bits per heavy atom. The van der Waals surface area contributed by atoms with E-state index in [0.29, 0.717) is 45.7 Å². The standard InChI is InChI=1S/C25H23FN2O5S/c1-30-21-11-17(12-22(31-2)24(21)32-3)20-13-19(27-33-20)15-28(25(29)23-5-4-10-34-23)14-16-6-8-18(26)9-7-16/h4-13H,14-15H2,1-3H3. The van der Waals surface area contributed by atoms with Crippen LogP contribution in [0.5, 0.6) is 17.2 Å². The van der Waals surface area contributed by atoms with Crippen molar-refractivity contribution < 1.29 is 27.9 Å². The number of benzene rings is 2. The van der Waals surface area contributed by atoms with Gasteiger partial charge in [-0.25, -0.2) is 4.39 Å². The van der Waals surface area contributed by atoms with E-state index in [-0.39, 0.29) is 18.3 Å². The lowest BCUT2D eigenvalue weighted by molar-refractivity contribution is 0.0731. The number of carbonyl (C=O) groups is 1. The maximum atomic E-state index is 13.3. The molecule has 7 nitrogen and oxygen atoms in total. The molecule has 4 aromatic rings. The quantitative estimate of drug-likeness (QED) is 0.318. The average Bonchev–Trinajstić information content (AvgIpc) is 3.56. The van der Waals surface area contributed by atoms with E-state index in [0.717, 1.165) is 5.56 Å². The fourth-order valence-corrected chi connectivity index (χ4v) is 4.20. The predicted molar refractivity (Wildman–Crippen MR) is 126 cm³/mol. The monoisotopic (exact) mass is 482 g/mol. The van der Waals surface area contributed by atoms with E-state index in [2.05, 4.69) is 5.16 Å². The fourth-order valence-electron chi connectivity index (χ4n) is 3.51. The lowest BCUT2D eigenvalue weighted by Crippen LogP contribution is -2.29. The maximum absolute atomic E-state index is 13.3. The first-order valence-electron chi connectivity index (χ1n) is 10.4. The minimum Gasteiger partial charge on any atom is -0.493 e. The van der Waals surface area contributed by atoms with Crippen molar-refractivity contribution >= 4 is 17.2 Å². The average molecular weight is 483 g/mol. The molecule has 0 atom stereocenters. The first-order valence-corrected chi connectivity index (χ1v) is 11.2. The molecule has 0 radical (unpaired) electrons. The molecule has 9 heteroatoms. The minimum atomic E-state index is -0.327. The second-order valence-corrected chi connectivity index (χ2v) is 8.31. The van der Waals surface area contributed by atoms with Gasteiger partial charge in [-0.05, 0) is 41.3 Å². The summed E-state index contributed by atoms with van der Waals surface area (Å²) in [5.41, 5.74) is 2.05. The molecule has 0 fully saturated rings. The topological polar surface area (TPSA) is 74.0 Å². The molecule has 0 unspecified atom stereocenters. The largest absolute Gasteiger partial charge is 0.493 e. The Bertz CT molecular complexity index is 1230. The zero-order chi connectivity index (χ0) is 24.1. The number of nitrogens with zero attached hydrogens (tertiary/aromatic N) is 2. The molecule has 0 aliphatic rings. The van der Waals surface area contributed by atoms with Crippen molar-refractivity contribution in [2.75, 3.05) is 21.3 Å². The van der Waals surface area contributed by atoms with Gasteiger partial charge in [0.05, 0.1) is 32.8 Å². The summed E-state index contributed by atoms with van der Waals surface area (Å²) in [6.07, 6.45) is 0. The van der Waals surface area contributed by atoms with Crippen LogP contribution in [0.1, 0.15) is 20.9 Å². The highest BCUT2D eigenvalue weighted by Gasteiger charge is 2.21. The lowest BCUT2D eigenvalue weighted by Gasteiger charge is -2.21. The summed E-state index contributed by atoms with van der Waals surface area (Å²) in [5.74, 6) is 1.46.